The van der Waals surface area contributed by atoms with Gasteiger partial charge in [0.05, 0.1) is 10.2 Å². The summed E-state index contributed by atoms with van der Waals surface area (Å²) in [6.07, 6.45) is 1.22. The van der Waals surface area contributed by atoms with E-state index >= 15 is 0 Å². The average molecular weight is 406 g/mol. The van der Waals surface area contributed by atoms with Crippen molar-refractivity contribution in [2.24, 2.45) is 0 Å². The minimum absolute atomic E-state index is 0.344. The maximum Gasteiger partial charge on any atom is 0.325 e. The maximum atomic E-state index is 13.1. The topological polar surface area (TPSA) is 91.4 Å². The number of carbonyl (C=O) groups is 3. The molecular weight excluding hydrogens is 388 g/mol. The van der Waals surface area contributed by atoms with E-state index < -0.39 is 17.5 Å². The third kappa shape index (κ3) is 2.79. The van der Waals surface area contributed by atoms with E-state index in [-0.39, 0.29) is 12.5 Å². The Morgan fingerprint density at radius 3 is 2.97 bits per heavy atom. The molecule has 1 atom stereocenters. The van der Waals surface area contributed by atoms with Crippen molar-refractivity contribution in [3.05, 3.63) is 59.2 Å². The molecule has 1 aliphatic carbocycles. The highest BCUT2D eigenvalue weighted by Crippen LogP contribution is 2.41. The molecule has 2 N–H and O–H groups in total. The molecule has 1 saturated heterocycles. The van der Waals surface area contributed by atoms with Crippen molar-refractivity contribution in [1.29, 1.82) is 0 Å². The Hall–Kier alpha value is -3.26. The van der Waals surface area contributed by atoms with Crippen molar-refractivity contribution >= 4 is 44.5 Å². The first-order valence-corrected chi connectivity index (χ1v) is 10.2. The number of carbonyl (C=O) groups excluding carboxylic acids is 3. The van der Waals surface area contributed by atoms with Crippen LogP contribution in [0.25, 0.3) is 10.2 Å². The first-order valence-electron chi connectivity index (χ1n) is 9.36. The van der Waals surface area contributed by atoms with Crippen LogP contribution in [0, 0.1) is 6.92 Å². The molecule has 2 aromatic carbocycles. The number of urea groups is 1. The number of amides is 4. The molecule has 2 aliphatic rings. The number of hydrogen-bond acceptors (Lipinski definition) is 5. The first-order chi connectivity index (χ1) is 14.0. The van der Waals surface area contributed by atoms with Crippen LogP contribution in [0.1, 0.15) is 23.1 Å². The predicted molar refractivity (Wildman–Crippen MR) is 110 cm³/mol. The van der Waals surface area contributed by atoms with E-state index in [9.17, 15) is 14.4 Å². The zero-order chi connectivity index (χ0) is 20.2. The Kier molecular flexibility index (Phi) is 3.92. The molecule has 4 amide bonds. The fourth-order valence-electron chi connectivity index (χ4n) is 4.12. The monoisotopic (exact) mass is 406 g/mol. The molecule has 146 valence electrons. The number of nitrogens with zero attached hydrogens (tertiary/aromatic N) is 2. The van der Waals surface area contributed by atoms with E-state index in [4.69, 9.17) is 0 Å². The number of rotatable bonds is 3. The minimum atomic E-state index is -1.05. The van der Waals surface area contributed by atoms with Gasteiger partial charge in [-0.2, -0.15) is 0 Å². The second-order valence-electron chi connectivity index (χ2n) is 7.42. The lowest BCUT2D eigenvalue weighted by Crippen LogP contribution is -2.42. The van der Waals surface area contributed by atoms with Crippen molar-refractivity contribution < 1.29 is 14.4 Å². The van der Waals surface area contributed by atoms with Crippen molar-refractivity contribution in [3.8, 4) is 0 Å². The van der Waals surface area contributed by atoms with Gasteiger partial charge in [0.1, 0.15) is 12.1 Å². The molecule has 0 radical (unpaired) electrons. The summed E-state index contributed by atoms with van der Waals surface area (Å²) in [6, 6.07) is 12.9. The number of aryl methyl sites for hydroxylation is 2. The van der Waals surface area contributed by atoms with Gasteiger partial charge in [-0.3, -0.25) is 14.5 Å². The Labute approximate surface area is 170 Å². The number of nitrogens with one attached hydrogen (secondary N) is 2. The maximum absolute atomic E-state index is 13.1. The van der Waals surface area contributed by atoms with Gasteiger partial charge >= 0.3 is 6.03 Å². The molecule has 0 bridgehead atoms. The molecular formula is C21H18N4O3S. The Morgan fingerprint density at radius 1 is 1.28 bits per heavy atom. The lowest BCUT2D eigenvalue weighted by Gasteiger charge is -2.22. The van der Waals surface area contributed by atoms with E-state index in [2.05, 4.69) is 15.6 Å². The Balaban J connectivity index is 1.34. The molecule has 1 unspecified atom stereocenters. The first kappa shape index (κ1) is 17.8. The van der Waals surface area contributed by atoms with Gasteiger partial charge in [0.25, 0.3) is 5.91 Å². The Morgan fingerprint density at radius 2 is 2.10 bits per heavy atom. The van der Waals surface area contributed by atoms with E-state index in [0.717, 1.165) is 31.8 Å². The zero-order valence-corrected chi connectivity index (χ0v) is 16.5. The average Bonchev–Trinajstić information content (AvgIpc) is 3.33. The van der Waals surface area contributed by atoms with Crippen molar-refractivity contribution in [3.63, 3.8) is 0 Å². The second-order valence-corrected chi connectivity index (χ2v) is 8.45. The van der Waals surface area contributed by atoms with Crippen LogP contribution >= 0.6 is 11.3 Å². The number of imide groups is 1. The summed E-state index contributed by atoms with van der Waals surface area (Å²) in [4.78, 5) is 43.6. The lowest BCUT2D eigenvalue weighted by atomic mass is 9.92. The molecule has 0 saturated carbocycles. The molecule has 1 aromatic heterocycles. The van der Waals surface area contributed by atoms with E-state index in [0.29, 0.717) is 18.0 Å². The summed E-state index contributed by atoms with van der Waals surface area (Å²) in [7, 11) is 0. The number of benzene rings is 2. The van der Waals surface area contributed by atoms with E-state index in [1.54, 1.807) is 0 Å². The van der Waals surface area contributed by atoms with Gasteiger partial charge in [-0.15, -0.1) is 0 Å². The third-order valence-electron chi connectivity index (χ3n) is 5.51. The highest BCUT2D eigenvalue weighted by molar-refractivity contribution is 7.22. The van der Waals surface area contributed by atoms with Crippen molar-refractivity contribution in [1.82, 2.24) is 15.2 Å². The van der Waals surface area contributed by atoms with Crippen LogP contribution in [0.2, 0.25) is 0 Å². The number of fused-ring (bicyclic) bond motifs is 3. The summed E-state index contributed by atoms with van der Waals surface area (Å²) >= 11 is 1.36. The normalized spacial score (nSPS) is 20.4. The van der Waals surface area contributed by atoms with Crippen LogP contribution in [0.15, 0.2) is 42.5 Å². The van der Waals surface area contributed by atoms with E-state index in [1.807, 2.05) is 49.4 Å². The molecule has 2 heterocycles. The van der Waals surface area contributed by atoms with Crippen LogP contribution in [-0.2, 0) is 21.5 Å². The van der Waals surface area contributed by atoms with Crippen molar-refractivity contribution in [2.75, 3.05) is 11.9 Å². The summed E-state index contributed by atoms with van der Waals surface area (Å²) in [5, 5.41) is 5.99. The molecule has 1 fully saturated rings. The van der Waals surface area contributed by atoms with Gasteiger partial charge in [-0.25, -0.2) is 9.78 Å². The fraction of sp³-hybridized carbons (Fsp3) is 0.238. The SMILES string of the molecule is Cc1ccc2nc(NC(=O)CN3C(=O)NC4(CCc5ccccc54)C3=O)sc2c1. The predicted octanol–water partition coefficient (Wildman–Crippen LogP) is 2.94. The summed E-state index contributed by atoms with van der Waals surface area (Å²) in [5.74, 6) is -0.824. The van der Waals surface area contributed by atoms with Gasteiger partial charge in [-0.1, -0.05) is 41.7 Å². The molecule has 1 aliphatic heterocycles. The van der Waals surface area contributed by atoms with E-state index in [1.165, 1.54) is 11.3 Å². The Bertz CT molecular complexity index is 1190. The largest absolute Gasteiger partial charge is 0.325 e. The molecule has 29 heavy (non-hydrogen) atoms. The molecule has 8 heteroatoms. The fourth-order valence-corrected chi connectivity index (χ4v) is 5.10. The van der Waals surface area contributed by atoms with Crippen molar-refractivity contribution in [2.45, 2.75) is 25.3 Å². The molecule has 1 spiro atoms. The van der Waals surface area contributed by atoms with Crippen LogP contribution in [0.4, 0.5) is 9.93 Å². The number of hydrogen-bond donors (Lipinski definition) is 2. The summed E-state index contributed by atoms with van der Waals surface area (Å²) in [6.45, 7) is 1.65. The highest BCUT2D eigenvalue weighted by atomic mass is 32.1. The zero-order valence-electron chi connectivity index (χ0n) is 15.7. The number of aromatic nitrogens is 1. The van der Waals surface area contributed by atoms with Gasteiger partial charge < -0.3 is 10.6 Å². The summed E-state index contributed by atoms with van der Waals surface area (Å²) in [5.41, 5.74) is 2.73. The minimum Gasteiger partial charge on any atom is -0.319 e. The second kappa shape index (κ2) is 6.38. The standard InChI is InChI=1S/C21H18N4O3S/c1-12-6-7-15-16(10-12)29-19(22-15)23-17(26)11-25-18(27)21(24-20(25)28)9-8-13-4-2-3-5-14(13)21/h2-7,10H,8-9,11H2,1H3,(H,24,28)(H,22,23,26). The highest BCUT2D eigenvalue weighted by Gasteiger charge is 2.55. The lowest BCUT2D eigenvalue weighted by molar-refractivity contribution is -0.134. The quantitative estimate of drug-likeness (QED) is 0.654. The van der Waals surface area contributed by atoms with Gasteiger partial charge in [0, 0.05) is 0 Å². The third-order valence-corrected chi connectivity index (χ3v) is 6.45. The molecule has 3 aromatic rings. The molecule has 7 nitrogen and oxygen atoms in total. The summed E-state index contributed by atoms with van der Waals surface area (Å²) < 4.78 is 0.969. The number of thiazole rings is 1. The van der Waals surface area contributed by atoms with Gasteiger partial charge in [0.2, 0.25) is 5.91 Å². The van der Waals surface area contributed by atoms with Crippen LogP contribution in [0.3, 0.4) is 0 Å². The van der Waals surface area contributed by atoms with Gasteiger partial charge in [0.15, 0.2) is 5.13 Å². The van der Waals surface area contributed by atoms with Crippen LogP contribution < -0.4 is 10.6 Å². The van der Waals surface area contributed by atoms with Crippen LogP contribution in [0.5, 0.6) is 0 Å². The molecule has 5 rings (SSSR count). The number of anilines is 1. The van der Waals surface area contributed by atoms with Gasteiger partial charge in [-0.05, 0) is 48.6 Å². The smallest absolute Gasteiger partial charge is 0.319 e. The van der Waals surface area contributed by atoms with Crippen LogP contribution in [-0.4, -0.2) is 34.3 Å².